The summed E-state index contributed by atoms with van der Waals surface area (Å²) in [6, 6.07) is 8.16. The van der Waals surface area contributed by atoms with Crippen molar-refractivity contribution in [1.29, 1.82) is 0 Å². The minimum Gasteiger partial charge on any atom is -0.330 e. The standard InChI is InChI=1S/C16H14FN3O3S/c1-9-3-4-11(7-10(9)2)15(21)19-16(24)18-14-8-12(20(22)23)5-6-13(14)17/h3-8H,1-2H3,(H2,18,19,21,24). The van der Waals surface area contributed by atoms with Gasteiger partial charge in [0.05, 0.1) is 10.6 Å². The number of nitrogens with zero attached hydrogens (tertiary/aromatic N) is 1. The zero-order valence-corrected chi connectivity index (χ0v) is 13.7. The minimum absolute atomic E-state index is 0.155. The predicted octanol–water partition coefficient (Wildman–Crippen LogP) is 3.48. The molecule has 0 bridgehead atoms. The number of amides is 1. The zero-order chi connectivity index (χ0) is 17.9. The molecule has 24 heavy (non-hydrogen) atoms. The maximum Gasteiger partial charge on any atom is 0.271 e. The summed E-state index contributed by atoms with van der Waals surface area (Å²) in [5.41, 5.74) is 1.93. The summed E-state index contributed by atoms with van der Waals surface area (Å²) in [5.74, 6) is -1.18. The van der Waals surface area contributed by atoms with Gasteiger partial charge in [0.1, 0.15) is 5.82 Å². The van der Waals surface area contributed by atoms with Crippen LogP contribution >= 0.6 is 12.2 Å². The molecule has 0 radical (unpaired) electrons. The number of hydrogen-bond donors (Lipinski definition) is 2. The monoisotopic (exact) mass is 347 g/mol. The number of anilines is 1. The summed E-state index contributed by atoms with van der Waals surface area (Å²) in [6.45, 7) is 3.80. The summed E-state index contributed by atoms with van der Waals surface area (Å²) >= 11 is 4.96. The van der Waals surface area contributed by atoms with Crippen LogP contribution in [0, 0.1) is 29.8 Å². The molecule has 0 saturated carbocycles. The van der Waals surface area contributed by atoms with Crippen LogP contribution in [-0.4, -0.2) is 15.9 Å². The molecule has 2 aromatic rings. The number of benzene rings is 2. The van der Waals surface area contributed by atoms with Gasteiger partial charge in [-0.1, -0.05) is 6.07 Å². The van der Waals surface area contributed by atoms with Gasteiger partial charge in [-0.3, -0.25) is 20.2 Å². The van der Waals surface area contributed by atoms with Crippen molar-refractivity contribution in [3.05, 3.63) is 69.0 Å². The number of carbonyl (C=O) groups is 1. The lowest BCUT2D eigenvalue weighted by Gasteiger charge is -2.11. The van der Waals surface area contributed by atoms with E-state index in [1.165, 1.54) is 0 Å². The van der Waals surface area contributed by atoms with Crippen molar-refractivity contribution in [3.8, 4) is 0 Å². The van der Waals surface area contributed by atoms with Crippen molar-refractivity contribution in [2.45, 2.75) is 13.8 Å². The van der Waals surface area contributed by atoms with Crippen molar-refractivity contribution < 1.29 is 14.1 Å². The molecule has 0 fully saturated rings. The normalized spacial score (nSPS) is 10.1. The van der Waals surface area contributed by atoms with E-state index in [0.717, 1.165) is 29.3 Å². The van der Waals surface area contributed by atoms with E-state index in [4.69, 9.17) is 12.2 Å². The van der Waals surface area contributed by atoms with Crippen LogP contribution in [0.4, 0.5) is 15.8 Å². The molecule has 0 atom stereocenters. The number of nitro benzene ring substituents is 1. The van der Waals surface area contributed by atoms with Gasteiger partial charge in [-0.2, -0.15) is 0 Å². The summed E-state index contributed by atoms with van der Waals surface area (Å²) in [5, 5.41) is 15.4. The third-order valence-electron chi connectivity index (χ3n) is 3.41. The van der Waals surface area contributed by atoms with E-state index in [0.29, 0.717) is 5.56 Å². The van der Waals surface area contributed by atoms with Crippen LogP contribution in [0.5, 0.6) is 0 Å². The number of hydrogen-bond acceptors (Lipinski definition) is 4. The third-order valence-corrected chi connectivity index (χ3v) is 3.61. The topological polar surface area (TPSA) is 84.3 Å². The maximum atomic E-state index is 13.7. The summed E-state index contributed by atoms with van der Waals surface area (Å²) in [7, 11) is 0. The van der Waals surface area contributed by atoms with E-state index in [9.17, 15) is 19.3 Å². The molecule has 124 valence electrons. The molecular weight excluding hydrogens is 333 g/mol. The Morgan fingerprint density at radius 1 is 1.17 bits per heavy atom. The van der Waals surface area contributed by atoms with Gasteiger partial charge in [0.15, 0.2) is 5.11 Å². The molecule has 6 nitrogen and oxygen atoms in total. The molecule has 1 amide bonds. The van der Waals surface area contributed by atoms with Gasteiger partial charge in [0, 0.05) is 17.7 Å². The Morgan fingerprint density at radius 2 is 1.88 bits per heavy atom. The van der Waals surface area contributed by atoms with E-state index in [1.54, 1.807) is 18.2 Å². The fourth-order valence-corrected chi connectivity index (χ4v) is 2.14. The number of halogens is 1. The van der Waals surface area contributed by atoms with Crippen LogP contribution in [0.1, 0.15) is 21.5 Å². The molecule has 0 heterocycles. The van der Waals surface area contributed by atoms with E-state index < -0.39 is 16.6 Å². The van der Waals surface area contributed by atoms with Gasteiger partial charge in [-0.05, 0) is 55.4 Å². The first-order chi connectivity index (χ1) is 11.3. The number of nitrogens with one attached hydrogen (secondary N) is 2. The Morgan fingerprint density at radius 3 is 2.50 bits per heavy atom. The van der Waals surface area contributed by atoms with Crippen LogP contribution in [0.3, 0.4) is 0 Å². The molecule has 0 unspecified atom stereocenters. The third kappa shape index (κ3) is 4.11. The molecule has 2 aromatic carbocycles. The summed E-state index contributed by atoms with van der Waals surface area (Å²) < 4.78 is 13.7. The van der Waals surface area contributed by atoms with Crippen LogP contribution in [0.15, 0.2) is 36.4 Å². The SMILES string of the molecule is Cc1ccc(C(=O)NC(=S)Nc2cc([N+](=O)[O-])ccc2F)cc1C. The largest absolute Gasteiger partial charge is 0.330 e. The Labute approximate surface area is 142 Å². The Balaban J connectivity index is 2.10. The quantitative estimate of drug-likeness (QED) is 0.504. The lowest BCUT2D eigenvalue weighted by atomic mass is 10.1. The van der Waals surface area contributed by atoms with Crippen LogP contribution < -0.4 is 10.6 Å². The molecule has 8 heteroatoms. The van der Waals surface area contributed by atoms with Crippen molar-refractivity contribution in [1.82, 2.24) is 5.32 Å². The molecule has 0 aliphatic rings. The maximum absolute atomic E-state index is 13.7. The highest BCUT2D eigenvalue weighted by molar-refractivity contribution is 7.80. The fourth-order valence-electron chi connectivity index (χ4n) is 1.93. The smallest absolute Gasteiger partial charge is 0.271 e. The highest BCUT2D eigenvalue weighted by Crippen LogP contribution is 2.21. The highest BCUT2D eigenvalue weighted by Gasteiger charge is 2.14. The molecule has 0 aliphatic heterocycles. The molecule has 0 aromatic heterocycles. The molecule has 2 rings (SSSR count). The Hall–Kier alpha value is -2.87. The Bertz CT molecular complexity index is 839. The predicted molar refractivity (Wildman–Crippen MR) is 92.7 cm³/mol. The highest BCUT2D eigenvalue weighted by atomic mass is 32.1. The number of thiocarbonyl (C=S) groups is 1. The number of nitro groups is 1. The summed E-state index contributed by atoms with van der Waals surface area (Å²) in [6.07, 6.45) is 0. The molecule has 0 aliphatic carbocycles. The van der Waals surface area contributed by atoms with Gasteiger partial charge < -0.3 is 5.32 Å². The fraction of sp³-hybridized carbons (Fsp3) is 0.125. The van der Waals surface area contributed by atoms with E-state index in [2.05, 4.69) is 10.6 Å². The minimum atomic E-state index is -0.719. The zero-order valence-electron chi connectivity index (χ0n) is 12.9. The first-order valence-electron chi connectivity index (χ1n) is 6.91. The van der Waals surface area contributed by atoms with Crippen molar-refractivity contribution in [2.75, 3.05) is 5.32 Å². The lowest BCUT2D eigenvalue weighted by molar-refractivity contribution is -0.384. The average molecular weight is 347 g/mol. The number of non-ortho nitro benzene ring substituents is 1. The van der Waals surface area contributed by atoms with E-state index in [1.807, 2.05) is 13.8 Å². The summed E-state index contributed by atoms with van der Waals surface area (Å²) in [4.78, 5) is 22.2. The van der Waals surface area contributed by atoms with Gasteiger partial charge >= 0.3 is 0 Å². The second-order valence-electron chi connectivity index (χ2n) is 5.13. The van der Waals surface area contributed by atoms with Gasteiger partial charge in [0.25, 0.3) is 11.6 Å². The van der Waals surface area contributed by atoms with Gasteiger partial charge in [-0.15, -0.1) is 0 Å². The van der Waals surface area contributed by atoms with Crippen molar-refractivity contribution in [2.24, 2.45) is 0 Å². The average Bonchev–Trinajstić information content (AvgIpc) is 2.51. The lowest BCUT2D eigenvalue weighted by Crippen LogP contribution is -2.34. The van der Waals surface area contributed by atoms with Gasteiger partial charge in [-0.25, -0.2) is 4.39 Å². The molecule has 0 saturated heterocycles. The van der Waals surface area contributed by atoms with Crippen LogP contribution in [0.25, 0.3) is 0 Å². The molecular formula is C16H14FN3O3S. The van der Waals surface area contributed by atoms with Crippen molar-refractivity contribution >= 4 is 34.6 Å². The van der Waals surface area contributed by atoms with Crippen LogP contribution in [-0.2, 0) is 0 Å². The van der Waals surface area contributed by atoms with Crippen LogP contribution in [0.2, 0.25) is 0 Å². The molecule has 2 N–H and O–H groups in total. The van der Waals surface area contributed by atoms with E-state index >= 15 is 0 Å². The Kier molecular flexibility index (Phi) is 5.20. The van der Waals surface area contributed by atoms with Gasteiger partial charge in [0.2, 0.25) is 0 Å². The number of carbonyl (C=O) groups excluding carboxylic acids is 1. The van der Waals surface area contributed by atoms with Crippen molar-refractivity contribution in [3.63, 3.8) is 0 Å². The second kappa shape index (κ2) is 7.14. The number of aryl methyl sites for hydroxylation is 2. The van der Waals surface area contributed by atoms with E-state index in [-0.39, 0.29) is 16.5 Å². The first kappa shape index (κ1) is 17.5. The number of rotatable bonds is 3. The second-order valence-corrected chi connectivity index (χ2v) is 5.54. The first-order valence-corrected chi connectivity index (χ1v) is 7.32. The molecule has 0 spiro atoms.